The number of hydrogen-bond donors (Lipinski definition) is 1. The molecule has 1 aliphatic heterocycles. The molecule has 0 aliphatic carbocycles. The molecule has 3 rings (SSSR count). The lowest BCUT2D eigenvalue weighted by Gasteiger charge is -2.33. The summed E-state index contributed by atoms with van der Waals surface area (Å²) in [7, 11) is 0. The van der Waals surface area contributed by atoms with Crippen molar-refractivity contribution in [2.75, 3.05) is 19.7 Å². The van der Waals surface area contributed by atoms with Gasteiger partial charge in [0.1, 0.15) is 11.2 Å². The van der Waals surface area contributed by atoms with Gasteiger partial charge in [-0.1, -0.05) is 6.92 Å². The molecule has 0 atom stereocenters. The number of amides is 1. The van der Waals surface area contributed by atoms with E-state index in [2.05, 4.69) is 10.1 Å². The number of esters is 1. The van der Waals surface area contributed by atoms with Gasteiger partial charge in [-0.2, -0.15) is 5.10 Å². The molecule has 1 N–H and O–H groups in total. The van der Waals surface area contributed by atoms with E-state index in [1.165, 1.54) is 6.07 Å². The topological polar surface area (TPSA) is 106 Å². The largest absolute Gasteiger partial charge is 0.462 e. The molecule has 0 aromatic carbocycles. The van der Waals surface area contributed by atoms with Crippen molar-refractivity contribution in [1.82, 2.24) is 19.5 Å². The van der Waals surface area contributed by atoms with Gasteiger partial charge in [-0.05, 0) is 47.0 Å². The van der Waals surface area contributed by atoms with Crippen molar-refractivity contribution in [3.8, 4) is 0 Å². The molecular formula is C21H30N4O5. The summed E-state index contributed by atoms with van der Waals surface area (Å²) in [6.07, 6.45) is 1.56. The molecule has 30 heavy (non-hydrogen) atoms. The number of fused-ring (bicyclic) bond motifs is 1. The molecule has 2 aromatic heterocycles. The first-order valence-electron chi connectivity index (χ1n) is 10.4. The predicted octanol–water partition coefficient (Wildman–Crippen LogP) is 2.88. The molecule has 0 spiro atoms. The number of aromatic amines is 1. The number of hydrogen-bond acceptors (Lipinski definition) is 6. The fourth-order valence-electron chi connectivity index (χ4n) is 3.75. The standard InChI is InChI=1S/C21H30N4O5/c1-6-14-17(19(27)29-7-2)18-22-16(26)12-15(25(18)23-14)13-8-10-24(11-9-13)20(28)30-21(3,4)5/h12-13H,6-11H2,1-5H3,(H,22,26). The molecule has 1 aliphatic rings. The van der Waals surface area contributed by atoms with Crippen LogP contribution < -0.4 is 5.56 Å². The molecule has 1 saturated heterocycles. The van der Waals surface area contributed by atoms with Crippen molar-refractivity contribution < 1.29 is 19.1 Å². The molecule has 9 nitrogen and oxygen atoms in total. The Morgan fingerprint density at radius 2 is 1.90 bits per heavy atom. The summed E-state index contributed by atoms with van der Waals surface area (Å²) in [6, 6.07) is 1.53. The first-order chi connectivity index (χ1) is 14.1. The molecule has 0 bridgehead atoms. The summed E-state index contributed by atoms with van der Waals surface area (Å²) in [5.74, 6) is -0.454. The fourth-order valence-corrected chi connectivity index (χ4v) is 3.75. The van der Waals surface area contributed by atoms with Crippen molar-refractivity contribution in [2.24, 2.45) is 0 Å². The van der Waals surface area contributed by atoms with E-state index < -0.39 is 11.6 Å². The molecule has 2 aromatic rings. The number of likely N-dealkylation sites (tertiary alicyclic amines) is 1. The Balaban J connectivity index is 1.90. The summed E-state index contributed by atoms with van der Waals surface area (Å²) >= 11 is 0. The normalized spacial score (nSPS) is 15.4. The SMILES string of the molecule is CCOC(=O)c1c(CC)nn2c(C3CCN(C(=O)OC(C)(C)C)CC3)cc(=O)[nH]c12. The van der Waals surface area contributed by atoms with Crippen molar-refractivity contribution in [3.05, 3.63) is 33.4 Å². The summed E-state index contributed by atoms with van der Waals surface area (Å²) < 4.78 is 12.3. The van der Waals surface area contributed by atoms with E-state index in [4.69, 9.17) is 9.47 Å². The molecule has 0 radical (unpaired) electrons. The van der Waals surface area contributed by atoms with Gasteiger partial charge in [-0.25, -0.2) is 14.1 Å². The monoisotopic (exact) mass is 418 g/mol. The molecule has 0 unspecified atom stereocenters. The van der Waals surface area contributed by atoms with Crippen molar-refractivity contribution >= 4 is 17.7 Å². The van der Waals surface area contributed by atoms with Crippen LogP contribution in [0.4, 0.5) is 4.79 Å². The van der Waals surface area contributed by atoms with Crippen molar-refractivity contribution in [3.63, 3.8) is 0 Å². The van der Waals surface area contributed by atoms with E-state index >= 15 is 0 Å². The van der Waals surface area contributed by atoms with Gasteiger partial charge in [0.2, 0.25) is 0 Å². The Morgan fingerprint density at radius 1 is 1.23 bits per heavy atom. The Morgan fingerprint density at radius 3 is 2.47 bits per heavy atom. The second-order valence-electron chi connectivity index (χ2n) is 8.46. The average molecular weight is 418 g/mol. The van der Waals surface area contributed by atoms with E-state index in [9.17, 15) is 14.4 Å². The van der Waals surface area contributed by atoms with Crippen LogP contribution in [0.1, 0.15) is 75.1 Å². The van der Waals surface area contributed by atoms with Crippen LogP contribution in [0.25, 0.3) is 5.65 Å². The third-order valence-corrected chi connectivity index (χ3v) is 5.10. The number of rotatable bonds is 4. The summed E-state index contributed by atoms with van der Waals surface area (Å²) in [6.45, 7) is 10.5. The maximum atomic E-state index is 12.5. The van der Waals surface area contributed by atoms with E-state index in [0.717, 1.165) is 5.69 Å². The van der Waals surface area contributed by atoms with Crippen LogP contribution in [0.3, 0.4) is 0 Å². The highest BCUT2D eigenvalue weighted by molar-refractivity contribution is 5.97. The van der Waals surface area contributed by atoms with E-state index in [0.29, 0.717) is 49.3 Å². The fraction of sp³-hybridized carbons (Fsp3) is 0.619. The smallest absolute Gasteiger partial charge is 0.410 e. The summed E-state index contributed by atoms with van der Waals surface area (Å²) in [4.78, 5) is 41.6. The van der Waals surface area contributed by atoms with Crippen molar-refractivity contribution in [1.29, 1.82) is 0 Å². The quantitative estimate of drug-likeness (QED) is 0.766. The number of piperidine rings is 1. The van der Waals surface area contributed by atoms with Crippen LogP contribution in [0.2, 0.25) is 0 Å². The minimum atomic E-state index is -0.540. The number of aromatic nitrogens is 3. The number of nitrogens with zero attached hydrogens (tertiary/aromatic N) is 3. The maximum Gasteiger partial charge on any atom is 0.410 e. The summed E-state index contributed by atoms with van der Waals surface area (Å²) in [5.41, 5.74) is 1.17. The second-order valence-corrected chi connectivity index (χ2v) is 8.46. The lowest BCUT2D eigenvalue weighted by molar-refractivity contribution is 0.0203. The van der Waals surface area contributed by atoms with Gasteiger partial charge in [0.15, 0.2) is 5.65 Å². The van der Waals surface area contributed by atoms with Gasteiger partial charge in [0, 0.05) is 25.1 Å². The molecule has 3 heterocycles. The number of carbonyl (C=O) groups excluding carboxylic acids is 2. The van der Waals surface area contributed by atoms with Crippen LogP contribution in [-0.4, -0.2) is 56.9 Å². The number of nitrogens with one attached hydrogen (secondary N) is 1. The zero-order chi connectivity index (χ0) is 22.1. The van der Waals surface area contributed by atoms with Gasteiger partial charge in [0.25, 0.3) is 5.56 Å². The first kappa shape index (κ1) is 21.9. The van der Waals surface area contributed by atoms with E-state index in [1.54, 1.807) is 16.3 Å². The predicted molar refractivity (Wildman–Crippen MR) is 111 cm³/mol. The Kier molecular flexibility index (Phi) is 6.19. The third kappa shape index (κ3) is 4.49. The Bertz CT molecular complexity index is 993. The maximum absolute atomic E-state index is 12.5. The van der Waals surface area contributed by atoms with Crippen LogP contribution >= 0.6 is 0 Å². The van der Waals surface area contributed by atoms with Gasteiger partial charge >= 0.3 is 12.1 Å². The molecule has 0 saturated carbocycles. The average Bonchev–Trinajstić information content (AvgIpc) is 3.04. The number of carbonyl (C=O) groups is 2. The Labute approximate surface area is 175 Å². The minimum absolute atomic E-state index is 0.0353. The van der Waals surface area contributed by atoms with E-state index in [1.807, 2.05) is 27.7 Å². The van der Waals surface area contributed by atoms with Crippen LogP contribution in [0, 0.1) is 0 Å². The molecule has 9 heteroatoms. The highest BCUT2D eigenvalue weighted by Gasteiger charge is 2.30. The molecule has 164 valence electrons. The highest BCUT2D eigenvalue weighted by atomic mass is 16.6. The second kappa shape index (κ2) is 8.49. The van der Waals surface area contributed by atoms with Gasteiger partial charge in [0.05, 0.1) is 18.0 Å². The molecule has 1 fully saturated rings. The van der Waals surface area contributed by atoms with Gasteiger partial charge in [-0.15, -0.1) is 0 Å². The van der Waals surface area contributed by atoms with Gasteiger partial charge < -0.3 is 19.4 Å². The van der Waals surface area contributed by atoms with E-state index in [-0.39, 0.29) is 24.2 Å². The number of ether oxygens (including phenoxy) is 2. The third-order valence-electron chi connectivity index (χ3n) is 5.10. The zero-order valence-electron chi connectivity index (χ0n) is 18.3. The highest BCUT2D eigenvalue weighted by Crippen LogP contribution is 2.29. The minimum Gasteiger partial charge on any atom is -0.462 e. The number of aryl methyl sites for hydroxylation is 1. The van der Waals surface area contributed by atoms with Crippen LogP contribution in [0.5, 0.6) is 0 Å². The number of H-pyrrole nitrogens is 1. The van der Waals surface area contributed by atoms with Crippen LogP contribution in [-0.2, 0) is 15.9 Å². The summed E-state index contributed by atoms with van der Waals surface area (Å²) in [5, 5.41) is 4.59. The van der Waals surface area contributed by atoms with Gasteiger partial charge in [-0.3, -0.25) is 4.79 Å². The zero-order valence-corrected chi connectivity index (χ0v) is 18.3. The molecular weight excluding hydrogens is 388 g/mol. The van der Waals surface area contributed by atoms with Crippen molar-refractivity contribution in [2.45, 2.75) is 65.4 Å². The molecule has 1 amide bonds. The lowest BCUT2D eigenvalue weighted by atomic mass is 9.93. The lowest BCUT2D eigenvalue weighted by Crippen LogP contribution is -2.41. The first-order valence-corrected chi connectivity index (χ1v) is 10.4. The van der Waals surface area contributed by atoms with Crippen LogP contribution in [0.15, 0.2) is 10.9 Å². The Hall–Kier alpha value is -2.84.